The van der Waals surface area contributed by atoms with E-state index in [9.17, 15) is 9.59 Å². The van der Waals surface area contributed by atoms with Gasteiger partial charge >= 0.3 is 5.97 Å². The number of benzene rings is 2. The highest BCUT2D eigenvalue weighted by Gasteiger charge is 2.37. The monoisotopic (exact) mass is 729 g/mol. The third-order valence-corrected chi connectivity index (χ3v) is 10.1. The largest absolute Gasteiger partial charge is 0.467 e. The van der Waals surface area contributed by atoms with Crippen molar-refractivity contribution >= 4 is 28.9 Å². The highest BCUT2D eigenvalue weighted by atomic mass is 16.6. The van der Waals surface area contributed by atoms with Crippen LogP contribution in [0.4, 0.5) is 5.82 Å². The first-order valence-corrected chi connectivity index (χ1v) is 19.3. The van der Waals surface area contributed by atoms with Crippen LogP contribution in [0, 0.1) is 5.92 Å². The average Bonchev–Trinajstić information content (AvgIpc) is 3.88. The summed E-state index contributed by atoms with van der Waals surface area (Å²) in [5.41, 5.74) is 6.09. The molecule has 0 aliphatic heterocycles. The van der Waals surface area contributed by atoms with Crippen LogP contribution in [0.3, 0.4) is 0 Å². The number of imidazole rings is 1. The molecule has 0 fully saturated rings. The second-order valence-corrected chi connectivity index (χ2v) is 14.7. The molecule has 284 valence electrons. The second-order valence-electron chi connectivity index (χ2n) is 14.7. The maximum Gasteiger partial charge on any atom is 0.306 e. The van der Waals surface area contributed by atoms with E-state index in [4.69, 9.17) is 9.15 Å². The molecule has 9 heteroatoms. The predicted octanol–water partition coefficient (Wildman–Crippen LogP) is 10.3. The molecule has 0 saturated carbocycles. The lowest BCUT2D eigenvalue weighted by Gasteiger charge is -2.39. The van der Waals surface area contributed by atoms with Gasteiger partial charge in [0.25, 0.3) is 0 Å². The van der Waals surface area contributed by atoms with Gasteiger partial charge in [0.1, 0.15) is 17.7 Å². The van der Waals surface area contributed by atoms with Gasteiger partial charge < -0.3 is 14.1 Å². The molecule has 0 saturated heterocycles. The summed E-state index contributed by atoms with van der Waals surface area (Å²) in [6.45, 7) is 8.90. The number of furan rings is 1. The normalized spacial score (nSPS) is 15.0. The summed E-state index contributed by atoms with van der Waals surface area (Å²) in [5.74, 6) is 1.53. The number of nitrogens with one attached hydrogen (secondary N) is 1. The van der Waals surface area contributed by atoms with Crippen molar-refractivity contribution in [3.63, 3.8) is 0 Å². The van der Waals surface area contributed by atoms with Crippen molar-refractivity contribution in [2.24, 2.45) is 5.92 Å². The van der Waals surface area contributed by atoms with Crippen LogP contribution in [0.15, 0.2) is 119 Å². The quantitative estimate of drug-likeness (QED) is 0.0794. The standard InChI is InChI=1S/C25H36O2.C20H19N5O2/c1-20(2)10-9-19-25(4,23-17-15-21(3)16-18-23)27-24(26)14-8-13-22-11-6-5-7-12-22;26-17(10-4-8-15-6-2-1-3-7-15)25(12-16-9-5-11-27-16)20-18-19(22-13-21-18)23-14-24-20/h5-7,10-12,15,23H,8-9,13-14,16-19H2,1-4H3;1-3,5-7,9,11,13-14H,4,8,10,12H2,(H,21,22,23,24). The van der Waals surface area contributed by atoms with Gasteiger partial charge in [-0.25, -0.2) is 15.0 Å². The Bertz CT molecular complexity index is 1950. The van der Waals surface area contributed by atoms with Gasteiger partial charge in [-0.15, -0.1) is 0 Å². The van der Waals surface area contributed by atoms with E-state index in [0.717, 1.165) is 57.8 Å². The van der Waals surface area contributed by atoms with Gasteiger partial charge in [0.2, 0.25) is 5.91 Å². The van der Waals surface area contributed by atoms with Gasteiger partial charge in [0.05, 0.1) is 19.1 Å². The molecule has 54 heavy (non-hydrogen) atoms. The predicted molar refractivity (Wildman–Crippen MR) is 215 cm³/mol. The molecule has 1 aliphatic carbocycles. The first kappa shape index (κ1) is 39.9. The molecule has 1 aliphatic rings. The highest BCUT2D eigenvalue weighted by Crippen LogP contribution is 2.38. The number of H-pyrrole nitrogens is 1. The van der Waals surface area contributed by atoms with E-state index in [-0.39, 0.29) is 17.5 Å². The van der Waals surface area contributed by atoms with E-state index < -0.39 is 0 Å². The van der Waals surface area contributed by atoms with Crippen LogP contribution in [0.2, 0.25) is 0 Å². The summed E-state index contributed by atoms with van der Waals surface area (Å²) in [6.07, 6.45) is 18.6. The fourth-order valence-electron chi connectivity index (χ4n) is 6.91. The van der Waals surface area contributed by atoms with E-state index in [2.05, 4.69) is 84.0 Å². The van der Waals surface area contributed by atoms with Crippen LogP contribution in [0.1, 0.15) is 102 Å². The molecule has 1 amide bonds. The van der Waals surface area contributed by atoms with Gasteiger partial charge in [-0.1, -0.05) is 84.0 Å². The summed E-state index contributed by atoms with van der Waals surface area (Å²) < 4.78 is 11.6. The van der Waals surface area contributed by atoms with Crippen LogP contribution in [0.5, 0.6) is 0 Å². The summed E-state index contributed by atoms with van der Waals surface area (Å²) in [5, 5.41) is 0. The van der Waals surface area contributed by atoms with Crippen molar-refractivity contribution in [2.75, 3.05) is 4.90 Å². The zero-order chi connectivity index (χ0) is 38.2. The number of hydrogen-bond acceptors (Lipinski definition) is 7. The molecule has 3 heterocycles. The molecular formula is C45H55N5O4. The zero-order valence-electron chi connectivity index (χ0n) is 32.3. The van der Waals surface area contributed by atoms with E-state index in [1.54, 1.807) is 23.6 Å². The molecule has 2 unspecified atom stereocenters. The minimum Gasteiger partial charge on any atom is -0.467 e. The van der Waals surface area contributed by atoms with E-state index in [1.807, 2.05) is 42.5 Å². The van der Waals surface area contributed by atoms with Crippen molar-refractivity contribution in [3.05, 3.63) is 132 Å². The third kappa shape index (κ3) is 12.1. The molecule has 3 aromatic heterocycles. The molecule has 1 N–H and O–H groups in total. The lowest BCUT2D eigenvalue weighted by molar-refractivity contribution is -0.165. The molecule has 0 bridgehead atoms. The first-order valence-electron chi connectivity index (χ1n) is 19.3. The SMILES string of the molecule is CC(C)=CCCC(C)(OC(=O)CCCc1ccccc1)C1CC=C(C)CC1.O=C(CCCc1ccccc1)N(Cc1ccco1)c1ncnc2[nH]cnc12. The van der Waals surface area contributed by atoms with E-state index in [1.165, 1.54) is 28.6 Å². The molecule has 2 aromatic carbocycles. The molecular weight excluding hydrogens is 675 g/mol. The lowest BCUT2D eigenvalue weighted by atomic mass is 9.76. The minimum atomic E-state index is -0.368. The van der Waals surface area contributed by atoms with Gasteiger partial charge in [-0.2, -0.15) is 0 Å². The van der Waals surface area contributed by atoms with Crippen LogP contribution < -0.4 is 4.90 Å². The summed E-state index contributed by atoms with van der Waals surface area (Å²) >= 11 is 0. The second kappa shape index (κ2) is 20.2. The van der Waals surface area contributed by atoms with Crippen molar-refractivity contribution in [2.45, 2.75) is 110 Å². The number of allylic oxidation sites excluding steroid dienone is 4. The molecule has 5 aromatic rings. The Morgan fingerprint density at radius 2 is 1.65 bits per heavy atom. The number of nitrogens with zero attached hydrogens (tertiary/aromatic N) is 4. The fourth-order valence-corrected chi connectivity index (χ4v) is 6.91. The first-order chi connectivity index (χ1) is 26.2. The number of aryl methyl sites for hydroxylation is 2. The minimum absolute atomic E-state index is 0.0228. The van der Waals surface area contributed by atoms with Gasteiger partial charge in [-0.3, -0.25) is 14.5 Å². The Morgan fingerprint density at radius 3 is 2.28 bits per heavy atom. The van der Waals surface area contributed by atoms with Gasteiger partial charge in [-0.05, 0) is 109 Å². The number of rotatable bonds is 16. The Balaban J connectivity index is 0.000000208. The topological polar surface area (TPSA) is 114 Å². The number of carbonyl (C=O) groups is 2. The van der Waals surface area contributed by atoms with Gasteiger partial charge in [0.15, 0.2) is 17.0 Å². The number of fused-ring (bicyclic) bond motifs is 1. The lowest BCUT2D eigenvalue weighted by Crippen LogP contribution is -2.40. The van der Waals surface area contributed by atoms with E-state index >= 15 is 0 Å². The number of aromatic nitrogens is 4. The smallest absolute Gasteiger partial charge is 0.306 e. The summed E-state index contributed by atoms with van der Waals surface area (Å²) in [4.78, 5) is 42.9. The number of hydrogen-bond donors (Lipinski definition) is 1. The average molecular weight is 730 g/mol. The molecule has 2 atom stereocenters. The molecule has 0 radical (unpaired) electrons. The highest BCUT2D eigenvalue weighted by molar-refractivity contribution is 5.98. The van der Waals surface area contributed by atoms with Gasteiger partial charge in [0, 0.05) is 18.8 Å². The summed E-state index contributed by atoms with van der Waals surface area (Å²) in [6, 6.07) is 24.2. The Hall–Kier alpha value is -5.31. The van der Waals surface area contributed by atoms with Crippen molar-refractivity contribution in [1.82, 2.24) is 19.9 Å². The maximum absolute atomic E-state index is 13.0. The Kier molecular flexibility index (Phi) is 14.9. The van der Waals surface area contributed by atoms with Crippen LogP contribution >= 0.6 is 0 Å². The number of aromatic amines is 1. The molecule has 0 spiro atoms. The van der Waals surface area contributed by atoms with Crippen molar-refractivity contribution in [1.29, 1.82) is 0 Å². The number of anilines is 1. The van der Waals surface area contributed by atoms with E-state index in [0.29, 0.717) is 48.0 Å². The molecule has 6 rings (SSSR count). The number of ether oxygens (including phenoxy) is 1. The maximum atomic E-state index is 13.0. The summed E-state index contributed by atoms with van der Waals surface area (Å²) in [7, 11) is 0. The third-order valence-electron chi connectivity index (χ3n) is 10.1. The number of esters is 1. The van der Waals surface area contributed by atoms with Crippen LogP contribution in [-0.4, -0.2) is 37.4 Å². The van der Waals surface area contributed by atoms with Crippen LogP contribution in [-0.2, 0) is 33.7 Å². The Morgan fingerprint density at radius 1 is 0.944 bits per heavy atom. The number of carbonyl (C=O) groups excluding carboxylic acids is 2. The van der Waals surface area contributed by atoms with Crippen molar-refractivity contribution < 1.29 is 18.7 Å². The van der Waals surface area contributed by atoms with Crippen molar-refractivity contribution in [3.8, 4) is 0 Å². The fraction of sp³-hybridized carbons (Fsp3) is 0.400. The molecule has 9 nitrogen and oxygen atoms in total. The number of amides is 1. The Labute approximate surface area is 320 Å². The zero-order valence-corrected chi connectivity index (χ0v) is 32.3. The van der Waals surface area contributed by atoms with Crippen LogP contribution in [0.25, 0.3) is 11.2 Å².